The number of anilines is 1. The van der Waals surface area contributed by atoms with Crippen molar-refractivity contribution >= 4 is 34.1 Å². The molecule has 3 aromatic rings. The molecule has 0 aliphatic heterocycles. The minimum atomic E-state index is -0.377. The molecule has 5 heteroatoms. The van der Waals surface area contributed by atoms with Crippen molar-refractivity contribution in [1.29, 1.82) is 0 Å². The zero-order chi connectivity index (χ0) is 17.8. The molecule has 25 heavy (non-hydrogen) atoms. The summed E-state index contributed by atoms with van der Waals surface area (Å²) in [5.74, 6) is -0.102. The van der Waals surface area contributed by atoms with Crippen molar-refractivity contribution in [2.75, 3.05) is 5.32 Å². The summed E-state index contributed by atoms with van der Waals surface area (Å²) in [6.07, 6.45) is 1.74. The van der Waals surface area contributed by atoms with Gasteiger partial charge in [-0.2, -0.15) is 0 Å². The van der Waals surface area contributed by atoms with Gasteiger partial charge in [0.25, 0.3) is 0 Å². The van der Waals surface area contributed by atoms with Crippen molar-refractivity contribution in [3.8, 4) is 0 Å². The molecule has 0 bridgehead atoms. The highest BCUT2D eigenvalue weighted by Gasteiger charge is 2.18. The van der Waals surface area contributed by atoms with Crippen LogP contribution >= 0.6 is 11.6 Å². The number of benzene rings is 2. The Bertz CT molecular complexity index is 892. The minimum absolute atomic E-state index is 0.0383. The molecule has 0 fully saturated rings. The van der Waals surface area contributed by atoms with Crippen molar-refractivity contribution in [3.63, 3.8) is 0 Å². The SMILES string of the molecule is CC(NC(C)c1ccccc1Cl)C(=O)Nc1cccc2ncccc12. The van der Waals surface area contributed by atoms with Gasteiger partial charge in [-0.1, -0.05) is 35.9 Å². The minimum Gasteiger partial charge on any atom is -0.324 e. The average Bonchev–Trinajstić information content (AvgIpc) is 2.62. The van der Waals surface area contributed by atoms with Gasteiger partial charge in [0.15, 0.2) is 0 Å². The molecule has 1 heterocycles. The van der Waals surface area contributed by atoms with Crippen LogP contribution in [0, 0.1) is 0 Å². The zero-order valence-electron chi connectivity index (χ0n) is 14.2. The van der Waals surface area contributed by atoms with Crippen molar-refractivity contribution in [3.05, 3.63) is 71.4 Å². The van der Waals surface area contributed by atoms with Gasteiger partial charge in [0, 0.05) is 22.6 Å². The lowest BCUT2D eigenvalue weighted by atomic mass is 10.1. The van der Waals surface area contributed by atoms with Crippen molar-refractivity contribution in [2.45, 2.75) is 25.9 Å². The molecule has 0 radical (unpaired) electrons. The molecule has 1 aromatic heterocycles. The smallest absolute Gasteiger partial charge is 0.241 e. The van der Waals surface area contributed by atoms with E-state index in [0.717, 1.165) is 22.2 Å². The number of carbonyl (C=O) groups is 1. The van der Waals surface area contributed by atoms with Gasteiger partial charge in [-0.05, 0) is 49.7 Å². The monoisotopic (exact) mass is 353 g/mol. The van der Waals surface area contributed by atoms with Gasteiger partial charge in [-0.15, -0.1) is 0 Å². The Balaban J connectivity index is 1.71. The van der Waals surface area contributed by atoms with Gasteiger partial charge in [0.05, 0.1) is 17.2 Å². The van der Waals surface area contributed by atoms with Crippen LogP contribution in [0.1, 0.15) is 25.5 Å². The third-order valence-electron chi connectivity index (χ3n) is 4.17. The lowest BCUT2D eigenvalue weighted by Gasteiger charge is -2.21. The maximum absolute atomic E-state index is 12.6. The summed E-state index contributed by atoms with van der Waals surface area (Å²) in [6, 6.07) is 16.7. The third-order valence-corrected chi connectivity index (χ3v) is 4.51. The van der Waals surface area contributed by atoms with Crippen LogP contribution < -0.4 is 10.6 Å². The van der Waals surface area contributed by atoms with Crippen LogP contribution in [0.2, 0.25) is 5.02 Å². The number of pyridine rings is 1. The Morgan fingerprint density at radius 3 is 2.64 bits per heavy atom. The summed E-state index contributed by atoms with van der Waals surface area (Å²) in [7, 11) is 0. The van der Waals surface area contributed by atoms with Crippen LogP contribution in [-0.4, -0.2) is 16.9 Å². The Morgan fingerprint density at radius 1 is 1.04 bits per heavy atom. The van der Waals surface area contributed by atoms with Crippen LogP contribution in [0.25, 0.3) is 10.9 Å². The first-order valence-corrected chi connectivity index (χ1v) is 8.59. The summed E-state index contributed by atoms with van der Waals surface area (Å²) in [5.41, 5.74) is 2.58. The first kappa shape index (κ1) is 17.4. The topological polar surface area (TPSA) is 54.0 Å². The van der Waals surface area contributed by atoms with Gasteiger partial charge in [-0.3, -0.25) is 15.1 Å². The number of nitrogens with zero attached hydrogens (tertiary/aromatic N) is 1. The summed E-state index contributed by atoms with van der Waals surface area (Å²) in [5, 5.41) is 7.89. The molecule has 2 atom stereocenters. The first-order valence-electron chi connectivity index (χ1n) is 8.21. The quantitative estimate of drug-likeness (QED) is 0.706. The van der Waals surface area contributed by atoms with Gasteiger partial charge < -0.3 is 5.32 Å². The summed E-state index contributed by atoms with van der Waals surface area (Å²) >= 11 is 6.23. The first-order chi connectivity index (χ1) is 12.1. The van der Waals surface area contributed by atoms with E-state index in [1.807, 2.05) is 68.4 Å². The van der Waals surface area contributed by atoms with E-state index < -0.39 is 0 Å². The van der Waals surface area contributed by atoms with Crippen molar-refractivity contribution < 1.29 is 4.79 Å². The third kappa shape index (κ3) is 3.98. The van der Waals surface area contributed by atoms with E-state index >= 15 is 0 Å². The number of carbonyl (C=O) groups excluding carboxylic acids is 1. The Kier molecular flexibility index (Phi) is 5.31. The lowest BCUT2D eigenvalue weighted by molar-refractivity contribution is -0.117. The fourth-order valence-electron chi connectivity index (χ4n) is 2.82. The summed E-state index contributed by atoms with van der Waals surface area (Å²) in [4.78, 5) is 16.9. The second kappa shape index (κ2) is 7.64. The molecule has 2 N–H and O–H groups in total. The molecular weight excluding hydrogens is 334 g/mol. The number of halogens is 1. The summed E-state index contributed by atoms with van der Waals surface area (Å²) < 4.78 is 0. The maximum atomic E-state index is 12.6. The van der Waals surface area contributed by atoms with E-state index in [9.17, 15) is 4.79 Å². The van der Waals surface area contributed by atoms with E-state index in [4.69, 9.17) is 11.6 Å². The van der Waals surface area contributed by atoms with Crippen LogP contribution in [0.3, 0.4) is 0 Å². The molecule has 0 aliphatic carbocycles. The molecular formula is C20H20ClN3O. The molecule has 0 spiro atoms. The van der Waals surface area contributed by atoms with Crippen molar-refractivity contribution in [1.82, 2.24) is 10.3 Å². The van der Waals surface area contributed by atoms with Crippen LogP contribution in [0.4, 0.5) is 5.69 Å². The maximum Gasteiger partial charge on any atom is 0.241 e. The van der Waals surface area contributed by atoms with E-state index in [1.54, 1.807) is 6.20 Å². The molecule has 4 nitrogen and oxygen atoms in total. The molecule has 2 unspecified atom stereocenters. The number of aromatic nitrogens is 1. The number of amides is 1. The lowest BCUT2D eigenvalue weighted by Crippen LogP contribution is -2.39. The standard InChI is InChI=1S/C20H20ClN3O/c1-13(15-7-3-4-9-17(15)21)23-14(2)20(25)24-19-11-5-10-18-16(19)8-6-12-22-18/h3-14,23H,1-2H3,(H,24,25). The van der Waals surface area contributed by atoms with Gasteiger partial charge in [-0.25, -0.2) is 0 Å². The molecule has 2 aromatic carbocycles. The van der Waals surface area contributed by atoms with Crippen molar-refractivity contribution in [2.24, 2.45) is 0 Å². The number of hydrogen-bond donors (Lipinski definition) is 2. The Morgan fingerprint density at radius 2 is 1.84 bits per heavy atom. The van der Waals surface area contributed by atoms with E-state index in [0.29, 0.717) is 5.02 Å². The van der Waals surface area contributed by atoms with Crippen LogP contribution in [0.5, 0.6) is 0 Å². The normalized spacial score (nSPS) is 13.4. The highest BCUT2D eigenvalue weighted by Crippen LogP contribution is 2.24. The second-order valence-corrected chi connectivity index (χ2v) is 6.40. The fourth-order valence-corrected chi connectivity index (χ4v) is 3.12. The molecule has 128 valence electrons. The largest absolute Gasteiger partial charge is 0.324 e. The average molecular weight is 354 g/mol. The molecule has 1 amide bonds. The molecule has 0 saturated heterocycles. The molecule has 0 aliphatic rings. The van der Waals surface area contributed by atoms with Crippen LogP contribution in [-0.2, 0) is 4.79 Å². The second-order valence-electron chi connectivity index (χ2n) is 6.00. The molecule has 0 saturated carbocycles. The molecule has 3 rings (SSSR count). The summed E-state index contributed by atoms with van der Waals surface area (Å²) in [6.45, 7) is 3.83. The fraction of sp³-hybridized carbons (Fsp3) is 0.200. The van der Waals surface area contributed by atoms with E-state index in [1.165, 1.54) is 0 Å². The Labute approximate surface area is 152 Å². The van der Waals surface area contributed by atoms with Gasteiger partial charge in [0.1, 0.15) is 0 Å². The van der Waals surface area contributed by atoms with E-state index in [-0.39, 0.29) is 18.0 Å². The van der Waals surface area contributed by atoms with Gasteiger partial charge >= 0.3 is 0 Å². The number of nitrogens with one attached hydrogen (secondary N) is 2. The number of hydrogen-bond acceptors (Lipinski definition) is 3. The predicted octanol–water partition coefficient (Wildman–Crippen LogP) is 4.57. The predicted molar refractivity (Wildman–Crippen MR) is 103 cm³/mol. The highest BCUT2D eigenvalue weighted by atomic mass is 35.5. The number of fused-ring (bicyclic) bond motifs is 1. The highest BCUT2D eigenvalue weighted by molar-refractivity contribution is 6.31. The zero-order valence-corrected chi connectivity index (χ0v) is 14.9. The number of rotatable bonds is 5. The van der Waals surface area contributed by atoms with Crippen LogP contribution in [0.15, 0.2) is 60.8 Å². The Hall–Kier alpha value is -2.43. The van der Waals surface area contributed by atoms with Gasteiger partial charge in [0.2, 0.25) is 5.91 Å². The van der Waals surface area contributed by atoms with E-state index in [2.05, 4.69) is 15.6 Å².